The number of ether oxygens (including phenoxy) is 1. The number of aromatic nitrogens is 2. The SMILES string of the molecule is COCc1nc(CNC(=O)[C@H]2Cc3ccccc3CN2C)no1. The average molecular weight is 316 g/mol. The lowest BCUT2D eigenvalue weighted by Gasteiger charge is -2.32. The second-order valence-electron chi connectivity index (χ2n) is 5.66. The van der Waals surface area contributed by atoms with Crippen LogP contribution < -0.4 is 5.32 Å². The first-order chi connectivity index (χ1) is 11.2. The molecular formula is C16H20N4O3. The van der Waals surface area contributed by atoms with Crippen LogP contribution in [0.3, 0.4) is 0 Å². The highest BCUT2D eigenvalue weighted by molar-refractivity contribution is 5.82. The maximum Gasteiger partial charge on any atom is 0.252 e. The van der Waals surface area contributed by atoms with Crippen LogP contribution in [0.4, 0.5) is 0 Å². The van der Waals surface area contributed by atoms with Crippen molar-refractivity contribution in [2.75, 3.05) is 14.2 Å². The van der Waals surface area contributed by atoms with Crippen LogP contribution in [0.1, 0.15) is 22.8 Å². The zero-order valence-corrected chi connectivity index (χ0v) is 13.3. The number of rotatable bonds is 5. The second-order valence-corrected chi connectivity index (χ2v) is 5.66. The fraction of sp³-hybridized carbons (Fsp3) is 0.438. The molecular weight excluding hydrogens is 296 g/mol. The molecule has 0 saturated heterocycles. The van der Waals surface area contributed by atoms with Crippen molar-refractivity contribution in [2.45, 2.75) is 32.2 Å². The second kappa shape index (κ2) is 6.89. The minimum Gasteiger partial charge on any atom is -0.375 e. The van der Waals surface area contributed by atoms with E-state index >= 15 is 0 Å². The van der Waals surface area contributed by atoms with Crippen LogP contribution in [-0.2, 0) is 35.6 Å². The third kappa shape index (κ3) is 3.57. The highest BCUT2D eigenvalue weighted by Gasteiger charge is 2.28. The van der Waals surface area contributed by atoms with E-state index < -0.39 is 0 Å². The summed E-state index contributed by atoms with van der Waals surface area (Å²) >= 11 is 0. The summed E-state index contributed by atoms with van der Waals surface area (Å²) in [5, 5.41) is 6.69. The molecule has 7 nitrogen and oxygen atoms in total. The number of nitrogens with one attached hydrogen (secondary N) is 1. The van der Waals surface area contributed by atoms with Gasteiger partial charge in [0.2, 0.25) is 5.91 Å². The molecule has 0 fully saturated rings. The Morgan fingerprint density at radius 3 is 3.00 bits per heavy atom. The standard InChI is InChI=1S/C16H20N4O3/c1-20-9-12-6-4-3-5-11(12)7-13(20)16(21)17-8-14-18-15(10-22-2)23-19-14/h3-6,13H,7-10H2,1-2H3,(H,17,21)/t13-/m1/s1. The molecule has 122 valence electrons. The van der Waals surface area contributed by atoms with E-state index in [4.69, 9.17) is 9.26 Å². The quantitative estimate of drug-likeness (QED) is 0.882. The van der Waals surface area contributed by atoms with Crippen LogP contribution >= 0.6 is 0 Å². The summed E-state index contributed by atoms with van der Waals surface area (Å²) in [5.74, 6) is 0.824. The summed E-state index contributed by atoms with van der Waals surface area (Å²) in [7, 11) is 3.52. The third-order valence-corrected chi connectivity index (χ3v) is 3.98. The highest BCUT2D eigenvalue weighted by Crippen LogP contribution is 2.21. The maximum atomic E-state index is 12.5. The Morgan fingerprint density at radius 1 is 1.43 bits per heavy atom. The average Bonchev–Trinajstić information content (AvgIpc) is 3.00. The Balaban J connectivity index is 1.59. The molecule has 0 bridgehead atoms. The van der Waals surface area contributed by atoms with Gasteiger partial charge < -0.3 is 14.6 Å². The van der Waals surface area contributed by atoms with Gasteiger partial charge in [0.25, 0.3) is 5.89 Å². The molecule has 3 rings (SSSR count). The Kier molecular flexibility index (Phi) is 4.68. The van der Waals surface area contributed by atoms with Gasteiger partial charge in [0, 0.05) is 13.7 Å². The van der Waals surface area contributed by atoms with E-state index in [1.54, 1.807) is 7.11 Å². The van der Waals surface area contributed by atoms with E-state index in [1.807, 2.05) is 19.2 Å². The number of carbonyl (C=O) groups excluding carboxylic acids is 1. The lowest BCUT2D eigenvalue weighted by molar-refractivity contribution is -0.126. The van der Waals surface area contributed by atoms with Crippen LogP contribution in [0.15, 0.2) is 28.8 Å². The molecule has 2 heterocycles. The number of likely N-dealkylation sites (N-methyl/N-ethyl adjacent to an activating group) is 1. The predicted molar refractivity (Wildman–Crippen MR) is 82.3 cm³/mol. The Bertz CT molecular complexity index is 685. The molecule has 1 aliphatic heterocycles. The van der Waals surface area contributed by atoms with Gasteiger partial charge in [0.1, 0.15) is 6.61 Å². The van der Waals surface area contributed by atoms with Crippen molar-refractivity contribution in [3.05, 3.63) is 47.1 Å². The van der Waals surface area contributed by atoms with Crippen molar-refractivity contribution >= 4 is 5.91 Å². The molecule has 0 aliphatic carbocycles. The lowest BCUT2D eigenvalue weighted by Crippen LogP contribution is -2.48. The normalized spacial score (nSPS) is 17.7. The van der Waals surface area contributed by atoms with E-state index in [-0.39, 0.29) is 25.1 Å². The van der Waals surface area contributed by atoms with Gasteiger partial charge in [-0.05, 0) is 24.6 Å². The fourth-order valence-corrected chi connectivity index (χ4v) is 2.77. The molecule has 0 saturated carbocycles. The van der Waals surface area contributed by atoms with Gasteiger partial charge >= 0.3 is 0 Å². The summed E-state index contributed by atoms with van der Waals surface area (Å²) in [5.41, 5.74) is 2.51. The number of nitrogens with zero attached hydrogens (tertiary/aromatic N) is 3. The Labute approximate surface area is 134 Å². The Morgan fingerprint density at radius 2 is 2.22 bits per heavy atom. The molecule has 0 unspecified atom stereocenters. The summed E-state index contributed by atoms with van der Waals surface area (Å²) in [6.45, 7) is 1.29. The first-order valence-electron chi connectivity index (χ1n) is 7.52. The number of benzene rings is 1. The zero-order valence-electron chi connectivity index (χ0n) is 13.3. The number of fused-ring (bicyclic) bond motifs is 1. The number of carbonyl (C=O) groups is 1. The van der Waals surface area contributed by atoms with Crippen molar-refractivity contribution in [1.29, 1.82) is 0 Å². The van der Waals surface area contributed by atoms with Gasteiger partial charge in [0.05, 0.1) is 12.6 Å². The van der Waals surface area contributed by atoms with Crippen molar-refractivity contribution in [3.63, 3.8) is 0 Å². The van der Waals surface area contributed by atoms with Gasteiger partial charge in [-0.1, -0.05) is 29.4 Å². The van der Waals surface area contributed by atoms with Crippen molar-refractivity contribution in [1.82, 2.24) is 20.4 Å². The highest BCUT2D eigenvalue weighted by atomic mass is 16.5. The van der Waals surface area contributed by atoms with E-state index in [0.717, 1.165) is 6.54 Å². The van der Waals surface area contributed by atoms with Gasteiger partial charge in [-0.2, -0.15) is 4.98 Å². The van der Waals surface area contributed by atoms with Crippen LogP contribution in [0.5, 0.6) is 0 Å². The molecule has 1 N–H and O–H groups in total. The minimum absolute atomic E-state index is 0.0277. The molecule has 1 aliphatic rings. The molecule has 0 spiro atoms. The van der Waals surface area contributed by atoms with Crippen LogP contribution in [0, 0.1) is 0 Å². The number of methoxy groups -OCH3 is 1. The third-order valence-electron chi connectivity index (χ3n) is 3.98. The lowest BCUT2D eigenvalue weighted by atomic mass is 9.94. The molecule has 23 heavy (non-hydrogen) atoms. The smallest absolute Gasteiger partial charge is 0.252 e. The van der Waals surface area contributed by atoms with Gasteiger partial charge in [-0.3, -0.25) is 9.69 Å². The first kappa shape index (κ1) is 15.6. The number of hydrogen-bond acceptors (Lipinski definition) is 6. The van der Waals surface area contributed by atoms with Crippen LogP contribution in [0.2, 0.25) is 0 Å². The van der Waals surface area contributed by atoms with E-state index in [0.29, 0.717) is 18.1 Å². The van der Waals surface area contributed by atoms with Crippen molar-refractivity contribution in [3.8, 4) is 0 Å². The molecule has 1 aromatic carbocycles. The summed E-state index contributed by atoms with van der Waals surface area (Å²) in [6, 6.07) is 8.04. The first-order valence-corrected chi connectivity index (χ1v) is 7.52. The topological polar surface area (TPSA) is 80.5 Å². The van der Waals surface area contributed by atoms with Gasteiger partial charge in [0.15, 0.2) is 5.82 Å². The summed E-state index contributed by atoms with van der Waals surface area (Å²) < 4.78 is 9.92. The summed E-state index contributed by atoms with van der Waals surface area (Å²) in [6.07, 6.45) is 0.708. The fourth-order valence-electron chi connectivity index (χ4n) is 2.77. The molecule has 2 aromatic rings. The van der Waals surface area contributed by atoms with Crippen LogP contribution in [0.25, 0.3) is 0 Å². The van der Waals surface area contributed by atoms with E-state index in [2.05, 4.69) is 32.5 Å². The molecule has 1 amide bonds. The molecule has 1 aromatic heterocycles. The minimum atomic E-state index is -0.185. The van der Waals surface area contributed by atoms with E-state index in [9.17, 15) is 4.79 Å². The largest absolute Gasteiger partial charge is 0.375 e. The maximum absolute atomic E-state index is 12.5. The predicted octanol–water partition coefficient (Wildman–Crippen LogP) is 0.889. The monoisotopic (exact) mass is 316 g/mol. The van der Waals surface area contributed by atoms with E-state index in [1.165, 1.54) is 11.1 Å². The summed E-state index contributed by atoms with van der Waals surface area (Å²) in [4.78, 5) is 18.7. The number of amides is 1. The zero-order chi connectivity index (χ0) is 16.2. The number of hydrogen-bond donors (Lipinski definition) is 1. The van der Waals surface area contributed by atoms with Crippen molar-refractivity contribution in [2.24, 2.45) is 0 Å². The molecule has 7 heteroatoms. The van der Waals surface area contributed by atoms with Gasteiger partial charge in [-0.25, -0.2) is 0 Å². The molecule has 0 radical (unpaired) electrons. The van der Waals surface area contributed by atoms with Crippen molar-refractivity contribution < 1.29 is 14.1 Å². The Hall–Kier alpha value is -2.25. The van der Waals surface area contributed by atoms with Gasteiger partial charge in [-0.15, -0.1) is 0 Å². The molecule has 1 atom stereocenters. The van der Waals surface area contributed by atoms with Crippen LogP contribution in [-0.4, -0.2) is 41.1 Å².